The van der Waals surface area contributed by atoms with E-state index in [-0.39, 0.29) is 12.6 Å². The lowest BCUT2D eigenvalue weighted by Gasteiger charge is -2.21. The van der Waals surface area contributed by atoms with Crippen LogP contribution in [0, 0.1) is 15.9 Å². The zero-order chi connectivity index (χ0) is 15.6. The zero-order valence-corrected chi connectivity index (χ0v) is 12.3. The van der Waals surface area contributed by atoms with Crippen molar-refractivity contribution in [3.8, 4) is 0 Å². The second kappa shape index (κ2) is 6.04. The highest BCUT2D eigenvalue weighted by molar-refractivity contribution is 7.89. The number of benzene rings is 1. The summed E-state index contributed by atoms with van der Waals surface area (Å²) in [6.45, 7) is 1.02. The second-order valence-electron chi connectivity index (χ2n) is 4.95. The van der Waals surface area contributed by atoms with Gasteiger partial charge < -0.3 is 5.32 Å². The number of non-ortho nitro benzene ring substituents is 1. The smallest absolute Gasteiger partial charge is 0.270 e. The van der Waals surface area contributed by atoms with Gasteiger partial charge in [-0.2, -0.15) is 4.31 Å². The highest BCUT2D eigenvalue weighted by Crippen LogP contribution is 2.24. The molecule has 0 aliphatic carbocycles. The van der Waals surface area contributed by atoms with Crippen LogP contribution in [-0.4, -0.2) is 43.8 Å². The van der Waals surface area contributed by atoms with Gasteiger partial charge in [0.1, 0.15) is 10.7 Å². The number of rotatable bonds is 5. The Morgan fingerprint density at radius 3 is 2.81 bits per heavy atom. The fraction of sp³-hybridized carbons (Fsp3) is 0.500. The predicted molar refractivity (Wildman–Crippen MR) is 73.9 cm³/mol. The molecule has 116 valence electrons. The number of likely N-dealkylation sites (N-methyl/N-ethyl adjacent to an activating group) is 1. The van der Waals surface area contributed by atoms with Crippen LogP contribution in [0.5, 0.6) is 0 Å². The van der Waals surface area contributed by atoms with Crippen molar-refractivity contribution in [2.45, 2.75) is 23.8 Å². The molecule has 7 nitrogen and oxygen atoms in total. The molecule has 0 bridgehead atoms. The van der Waals surface area contributed by atoms with E-state index in [9.17, 15) is 22.9 Å². The van der Waals surface area contributed by atoms with Crippen molar-refractivity contribution >= 4 is 15.7 Å². The first-order valence-corrected chi connectivity index (χ1v) is 7.90. The van der Waals surface area contributed by atoms with Crippen molar-refractivity contribution in [1.82, 2.24) is 9.62 Å². The number of hydrogen-bond donors (Lipinski definition) is 1. The first-order chi connectivity index (χ1) is 9.82. The number of nitro benzene ring substituents is 1. The van der Waals surface area contributed by atoms with E-state index in [0.717, 1.165) is 41.9 Å². The van der Waals surface area contributed by atoms with Crippen molar-refractivity contribution in [3.05, 3.63) is 34.1 Å². The molecule has 1 aromatic carbocycles. The van der Waals surface area contributed by atoms with Crippen LogP contribution in [0.1, 0.15) is 12.8 Å². The summed E-state index contributed by atoms with van der Waals surface area (Å²) < 4.78 is 39.5. The standard InChI is InChI=1S/C12H16FN3O4S/c1-15(8-9-3-2-6-14-9)21(19,20)12-7-10(16(17)18)4-5-11(12)13/h4-5,7,9,14H,2-3,6,8H2,1H3. The Bertz CT molecular complexity index is 644. The molecule has 21 heavy (non-hydrogen) atoms. The van der Waals surface area contributed by atoms with Gasteiger partial charge in [0.2, 0.25) is 10.0 Å². The number of nitrogens with one attached hydrogen (secondary N) is 1. The fourth-order valence-electron chi connectivity index (χ4n) is 2.29. The first kappa shape index (κ1) is 15.8. The van der Waals surface area contributed by atoms with Crippen LogP contribution in [-0.2, 0) is 10.0 Å². The van der Waals surface area contributed by atoms with E-state index in [1.807, 2.05) is 0 Å². The lowest BCUT2D eigenvalue weighted by Crippen LogP contribution is -2.38. The van der Waals surface area contributed by atoms with Gasteiger partial charge in [-0.15, -0.1) is 0 Å². The predicted octanol–water partition coefficient (Wildman–Crippen LogP) is 1.11. The van der Waals surface area contributed by atoms with Crippen molar-refractivity contribution in [2.24, 2.45) is 0 Å². The second-order valence-corrected chi connectivity index (χ2v) is 6.96. The Hall–Kier alpha value is -1.58. The van der Waals surface area contributed by atoms with E-state index in [2.05, 4.69) is 5.32 Å². The van der Waals surface area contributed by atoms with Gasteiger partial charge in [0, 0.05) is 31.8 Å². The highest BCUT2D eigenvalue weighted by atomic mass is 32.2. The maximum Gasteiger partial charge on any atom is 0.270 e. The van der Waals surface area contributed by atoms with Gasteiger partial charge in [-0.05, 0) is 25.5 Å². The molecule has 1 N–H and O–H groups in total. The third-order valence-electron chi connectivity index (χ3n) is 3.45. The van der Waals surface area contributed by atoms with Crippen molar-refractivity contribution in [1.29, 1.82) is 0 Å². The molecule has 2 rings (SSSR count). The number of hydrogen-bond acceptors (Lipinski definition) is 5. The topological polar surface area (TPSA) is 92.6 Å². The first-order valence-electron chi connectivity index (χ1n) is 6.46. The van der Waals surface area contributed by atoms with Crippen LogP contribution in [0.3, 0.4) is 0 Å². The summed E-state index contributed by atoms with van der Waals surface area (Å²) in [5.41, 5.74) is -0.456. The molecule has 1 aliphatic heterocycles. The normalized spacial score (nSPS) is 19.1. The molecule has 1 aliphatic rings. The molecular formula is C12H16FN3O4S. The van der Waals surface area contributed by atoms with E-state index in [1.165, 1.54) is 7.05 Å². The van der Waals surface area contributed by atoms with Crippen LogP contribution < -0.4 is 5.32 Å². The van der Waals surface area contributed by atoms with E-state index >= 15 is 0 Å². The SMILES string of the molecule is CN(CC1CCCN1)S(=O)(=O)c1cc([N+](=O)[O-])ccc1F. The summed E-state index contributed by atoms with van der Waals surface area (Å²) in [6.07, 6.45) is 1.81. The molecule has 1 fully saturated rings. The van der Waals surface area contributed by atoms with Crippen molar-refractivity contribution in [2.75, 3.05) is 20.1 Å². The van der Waals surface area contributed by atoms with Gasteiger partial charge in [-0.1, -0.05) is 0 Å². The van der Waals surface area contributed by atoms with Crippen LogP contribution >= 0.6 is 0 Å². The van der Waals surface area contributed by atoms with Crippen LogP contribution in [0.15, 0.2) is 23.1 Å². The Morgan fingerprint density at radius 1 is 1.52 bits per heavy atom. The Morgan fingerprint density at radius 2 is 2.24 bits per heavy atom. The average Bonchev–Trinajstić information content (AvgIpc) is 2.91. The quantitative estimate of drug-likeness (QED) is 0.648. The number of nitro groups is 1. The zero-order valence-electron chi connectivity index (χ0n) is 11.5. The van der Waals surface area contributed by atoms with Gasteiger partial charge in [-0.3, -0.25) is 10.1 Å². The summed E-state index contributed by atoms with van der Waals surface area (Å²) in [6, 6.07) is 2.51. The number of nitrogens with zero attached hydrogens (tertiary/aromatic N) is 2. The van der Waals surface area contributed by atoms with Crippen LogP contribution in [0.4, 0.5) is 10.1 Å². The molecular weight excluding hydrogens is 301 g/mol. The Labute approximate surface area is 122 Å². The van der Waals surface area contributed by atoms with Crippen LogP contribution in [0.25, 0.3) is 0 Å². The van der Waals surface area contributed by atoms with E-state index < -0.39 is 31.3 Å². The van der Waals surface area contributed by atoms with Gasteiger partial charge in [0.15, 0.2) is 0 Å². The van der Waals surface area contributed by atoms with Crippen LogP contribution in [0.2, 0.25) is 0 Å². The average molecular weight is 317 g/mol. The van der Waals surface area contributed by atoms with E-state index in [1.54, 1.807) is 0 Å². The third kappa shape index (κ3) is 3.36. The van der Waals surface area contributed by atoms with Gasteiger partial charge in [0.05, 0.1) is 4.92 Å². The van der Waals surface area contributed by atoms with Crippen molar-refractivity contribution < 1.29 is 17.7 Å². The summed E-state index contributed by atoms with van der Waals surface area (Å²) in [7, 11) is -2.76. The minimum atomic E-state index is -4.10. The molecule has 0 saturated carbocycles. The Kier molecular flexibility index (Phi) is 4.55. The molecule has 9 heteroatoms. The molecule has 1 heterocycles. The maximum atomic E-state index is 13.8. The molecule has 1 atom stereocenters. The molecule has 0 aromatic heterocycles. The van der Waals surface area contributed by atoms with E-state index in [4.69, 9.17) is 0 Å². The largest absolute Gasteiger partial charge is 0.313 e. The summed E-state index contributed by atoms with van der Waals surface area (Å²) >= 11 is 0. The number of halogens is 1. The summed E-state index contributed by atoms with van der Waals surface area (Å²) in [5, 5.41) is 13.9. The Balaban J connectivity index is 2.29. The molecule has 1 aromatic rings. The highest BCUT2D eigenvalue weighted by Gasteiger charge is 2.29. The van der Waals surface area contributed by atoms with Crippen molar-refractivity contribution in [3.63, 3.8) is 0 Å². The molecule has 1 saturated heterocycles. The fourth-order valence-corrected chi connectivity index (χ4v) is 3.59. The number of sulfonamides is 1. The summed E-state index contributed by atoms with van der Waals surface area (Å²) in [5.74, 6) is -0.994. The molecule has 0 amide bonds. The molecule has 0 radical (unpaired) electrons. The van der Waals surface area contributed by atoms with E-state index in [0.29, 0.717) is 0 Å². The minimum absolute atomic E-state index is 0.0199. The minimum Gasteiger partial charge on any atom is -0.313 e. The summed E-state index contributed by atoms with van der Waals surface area (Å²) in [4.78, 5) is 9.28. The molecule has 1 unspecified atom stereocenters. The maximum absolute atomic E-state index is 13.8. The third-order valence-corrected chi connectivity index (χ3v) is 5.29. The van der Waals surface area contributed by atoms with Gasteiger partial charge in [0.25, 0.3) is 5.69 Å². The molecule has 0 spiro atoms. The lowest BCUT2D eigenvalue weighted by molar-refractivity contribution is -0.385. The van der Waals surface area contributed by atoms with Gasteiger partial charge in [-0.25, -0.2) is 12.8 Å². The van der Waals surface area contributed by atoms with Gasteiger partial charge >= 0.3 is 0 Å². The lowest BCUT2D eigenvalue weighted by atomic mass is 10.2. The monoisotopic (exact) mass is 317 g/mol.